The van der Waals surface area contributed by atoms with E-state index in [0.29, 0.717) is 25.7 Å². The molecule has 1 N–H and O–H groups in total. The lowest BCUT2D eigenvalue weighted by molar-refractivity contribution is -0.122. The highest BCUT2D eigenvalue weighted by Gasteiger charge is 2.26. The van der Waals surface area contributed by atoms with Crippen LogP contribution in [0.25, 0.3) is 0 Å². The topological polar surface area (TPSA) is 41.6 Å². The van der Waals surface area contributed by atoms with Crippen molar-refractivity contribution >= 4 is 5.91 Å². The Bertz CT molecular complexity index is 672. The molecule has 0 aromatic heterocycles. The number of fused-ring (bicyclic) bond motifs is 1. The van der Waals surface area contributed by atoms with Crippen molar-refractivity contribution in [1.82, 2.24) is 10.2 Å². The Balaban J connectivity index is 1.41. The molecule has 1 amide bonds. The third-order valence-corrected chi connectivity index (χ3v) is 4.46. The predicted octanol–water partition coefficient (Wildman–Crippen LogP) is 2.80. The molecule has 1 aliphatic carbocycles. The van der Waals surface area contributed by atoms with Gasteiger partial charge in [-0.3, -0.25) is 9.69 Å². The quantitative estimate of drug-likeness (QED) is 0.796. The molecule has 1 atom stereocenters. The number of ether oxygens (including phenoxy) is 1. The van der Waals surface area contributed by atoms with Gasteiger partial charge in [-0.2, -0.15) is 0 Å². The van der Waals surface area contributed by atoms with Gasteiger partial charge in [0, 0.05) is 6.04 Å². The average molecular weight is 324 g/mol. The van der Waals surface area contributed by atoms with E-state index in [1.807, 2.05) is 37.4 Å². The van der Waals surface area contributed by atoms with Gasteiger partial charge in [-0.05, 0) is 43.1 Å². The van der Waals surface area contributed by atoms with Crippen LogP contribution in [0, 0.1) is 0 Å². The standard InChI is InChI=1S/C20H24N2O2/c1-22(19-12-11-16-7-5-6-10-18(16)19)15-20(23)21-13-14-24-17-8-3-2-4-9-17/h2-10,19H,11-15H2,1H3,(H,21,23). The molecule has 0 bridgehead atoms. The highest BCUT2D eigenvalue weighted by atomic mass is 16.5. The first-order chi connectivity index (χ1) is 11.7. The smallest absolute Gasteiger partial charge is 0.234 e. The van der Waals surface area contributed by atoms with E-state index in [1.54, 1.807) is 0 Å². The van der Waals surface area contributed by atoms with E-state index in [4.69, 9.17) is 4.74 Å². The lowest BCUT2D eigenvalue weighted by Crippen LogP contribution is -2.38. The number of aryl methyl sites for hydroxylation is 1. The lowest BCUT2D eigenvalue weighted by Gasteiger charge is -2.24. The van der Waals surface area contributed by atoms with E-state index in [2.05, 4.69) is 34.5 Å². The molecule has 0 heterocycles. The summed E-state index contributed by atoms with van der Waals surface area (Å²) in [5.41, 5.74) is 2.77. The van der Waals surface area contributed by atoms with Gasteiger partial charge in [0.25, 0.3) is 0 Å². The summed E-state index contributed by atoms with van der Waals surface area (Å²) in [7, 11) is 2.02. The van der Waals surface area contributed by atoms with Gasteiger partial charge in [0.05, 0.1) is 13.1 Å². The van der Waals surface area contributed by atoms with E-state index in [9.17, 15) is 4.79 Å². The number of carbonyl (C=O) groups is 1. The Morgan fingerprint density at radius 2 is 1.92 bits per heavy atom. The number of nitrogens with zero attached hydrogens (tertiary/aromatic N) is 1. The van der Waals surface area contributed by atoms with Crippen molar-refractivity contribution in [2.24, 2.45) is 0 Å². The van der Waals surface area contributed by atoms with Crippen LogP contribution in [0.15, 0.2) is 54.6 Å². The van der Waals surface area contributed by atoms with Crippen molar-refractivity contribution in [1.29, 1.82) is 0 Å². The first-order valence-corrected chi connectivity index (χ1v) is 8.46. The molecule has 1 unspecified atom stereocenters. The molecular formula is C20H24N2O2. The molecule has 3 rings (SSSR count). The van der Waals surface area contributed by atoms with Crippen LogP contribution in [0.3, 0.4) is 0 Å². The molecule has 24 heavy (non-hydrogen) atoms. The molecule has 2 aromatic carbocycles. The summed E-state index contributed by atoms with van der Waals surface area (Å²) >= 11 is 0. The number of amides is 1. The van der Waals surface area contributed by atoms with Gasteiger partial charge in [0.15, 0.2) is 0 Å². The number of benzene rings is 2. The van der Waals surface area contributed by atoms with Crippen LogP contribution in [0.5, 0.6) is 5.75 Å². The fourth-order valence-corrected chi connectivity index (χ4v) is 3.26. The fraction of sp³-hybridized carbons (Fsp3) is 0.350. The van der Waals surface area contributed by atoms with Crippen LogP contribution in [-0.2, 0) is 11.2 Å². The van der Waals surface area contributed by atoms with E-state index in [0.717, 1.165) is 18.6 Å². The summed E-state index contributed by atoms with van der Waals surface area (Å²) in [6, 6.07) is 18.5. The molecule has 126 valence electrons. The highest BCUT2D eigenvalue weighted by molar-refractivity contribution is 5.78. The number of rotatable bonds is 7. The highest BCUT2D eigenvalue weighted by Crippen LogP contribution is 2.34. The normalized spacial score (nSPS) is 16.0. The van der Waals surface area contributed by atoms with Crippen molar-refractivity contribution in [2.75, 3.05) is 26.7 Å². The number of para-hydroxylation sites is 1. The largest absolute Gasteiger partial charge is 0.492 e. The summed E-state index contributed by atoms with van der Waals surface area (Å²) in [5, 5.41) is 2.93. The van der Waals surface area contributed by atoms with Crippen LogP contribution >= 0.6 is 0 Å². The van der Waals surface area contributed by atoms with E-state index < -0.39 is 0 Å². The zero-order valence-corrected chi connectivity index (χ0v) is 14.1. The van der Waals surface area contributed by atoms with Gasteiger partial charge in [0.2, 0.25) is 5.91 Å². The summed E-state index contributed by atoms with van der Waals surface area (Å²) in [4.78, 5) is 14.3. The van der Waals surface area contributed by atoms with Gasteiger partial charge in [-0.25, -0.2) is 0 Å². The van der Waals surface area contributed by atoms with E-state index in [1.165, 1.54) is 11.1 Å². The minimum Gasteiger partial charge on any atom is -0.492 e. The maximum atomic E-state index is 12.1. The number of likely N-dealkylation sites (N-methyl/N-ethyl adjacent to an activating group) is 1. The molecule has 4 heteroatoms. The molecule has 0 fully saturated rings. The Kier molecular flexibility index (Phi) is 5.49. The van der Waals surface area contributed by atoms with Crippen LogP contribution in [0.2, 0.25) is 0 Å². The molecule has 0 spiro atoms. The Labute approximate surface area is 143 Å². The van der Waals surface area contributed by atoms with Crippen molar-refractivity contribution in [3.8, 4) is 5.75 Å². The van der Waals surface area contributed by atoms with Gasteiger partial charge in [-0.1, -0.05) is 42.5 Å². The Hall–Kier alpha value is -2.33. The first-order valence-electron chi connectivity index (χ1n) is 8.46. The third-order valence-electron chi connectivity index (χ3n) is 4.46. The second-order valence-corrected chi connectivity index (χ2v) is 6.18. The van der Waals surface area contributed by atoms with Crippen LogP contribution in [0.1, 0.15) is 23.6 Å². The van der Waals surface area contributed by atoms with Gasteiger partial charge >= 0.3 is 0 Å². The van der Waals surface area contributed by atoms with Crippen LogP contribution in [-0.4, -0.2) is 37.6 Å². The summed E-state index contributed by atoms with van der Waals surface area (Å²) in [6.45, 7) is 1.40. The van der Waals surface area contributed by atoms with Gasteiger partial charge in [0.1, 0.15) is 12.4 Å². The molecule has 0 radical (unpaired) electrons. The third kappa shape index (κ3) is 4.15. The molecule has 4 nitrogen and oxygen atoms in total. The van der Waals surface area contributed by atoms with Crippen molar-refractivity contribution < 1.29 is 9.53 Å². The van der Waals surface area contributed by atoms with Crippen molar-refractivity contribution in [3.05, 3.63) is 65.7 Å². The van der Waals surface area contributed by atoms with Crippen LogP contribution < -0.4 is 10.1 Å². The molecular weight excluding hydrogens is 300 g/mol. The number of hydrogen-bond donors (Lipinski definition) is 1. The van der Waals surface area contributed by atoms with Crippen LogP contribution in [0.4, 0.5) is 0 Å². The maximum absolute atomic E-state index is 12.1. The average Bonchev–Trinajstić information content (AvgIpc) is 3.04. The molecule has 0 aliphatic heterocycles. The number of nitrogens with one attached hydrogen (secondary N) is 1. The molecule has 2 aromatic rings. The molecule has 1 aliphatic rings. The SMILES string of the molecule is CN(CC(=O)NCCOc1ccccc1)C1CCc2ccccc21. The Morgan fingerprint density at radius 3 is 2.75 bits per heavy atom. The second-order valence-electron chi connectivity index (χ2n) is 6.18. The first kappa shape index (κ1) is 16.5. The molecule has 0 saturated carbocycles. The zero-order valence-electron chi connectivity index (χ0n) is 14.1. The minimum atomic E-state index is 0.0403. The van der Waals surface area contributed by atoms with Crippen molar-refractivity contribution in [2.45, 2.75) is 18.9 Å². The van der Waals surface area contributed by atoms with Crippen molar-refractivity contribution in [3.63, 3.8) is 0 Å². The summed E-state index contributed by atoms with van der Waals surface area (Å²) in [6.07, 6.45) is 2.18. The fourth-order valence-electron chi connectivity index (χ4n) is 3.26. The summed E-state index contributed by atoms with van der Waals surface area (Å²) < 4.78 is 5.58. The Morgan fingerprint density at radius 1 is 1.17 bits per heavy atom. The maximum Gasteiger partial charge on any atom is 0.234 e. The van der Waals surface area contributed by atoms with E-state index in [-0.39, 0.29) is 5.91 Å². The van der Waals surface area contributed by atoms with E-state index >= 15 is 0 Å². The molecule has 0 saturated heterocycles. The summed E-state index contributed by atoms with van der Waals surface area (Å²) in [5.74, 6) is 0.866. The van der Waals surface area contributed by atoms with Gasteiger partial charge < -0.3 is 10.1 Å². The monoisotopic (exact) mass is 324 g/mol. The lowest BCUT2D eigenvalue weighted by atomic mass is 10.1. The second kappa shape index (κ2) is 7.97. The van der Waals surface area contributed by atoms with Gasteiger partial charge in [-0.15, -0.1) is 0 Å². The number of hydrogen-bond acceptors (Lipinski definition) is 3. The predicted molar refractivity (Wildman–Crippen MR) is 95.1 cm³/mol. The minimum absolute atomic E-state index is 0.0403. The zero-order chi connectivity index (χ0) is 16.8. The number of carbonyl (C=O) groups excluding carboxylic acids is 1.